The smallest absolute Gasteiger partial charge is 0.352 e. The highest BCUT2D eigenvalue weighted by Gasteiger charge is 2.54. The summed E-state index contributed by atoms with van der Waals surface area (Å²) in [6.07, 6.45) is 1.40. The molecule has 1 aromatic heterocycles. The molecule has 26 heavy (non-hydrogen) atoms. The Morgan fingerprint density at radius 2 is 2.27 bits per heavy atom. The number of nitrogens with one attached hydrogen (secondary N) is 1. The van der Waals surface area contributed by atoms with E-state index in [1.165, 1.54) is 23.2 Å². The summed E-state index contributed by atoms with van der Waals surface area (Å²) in [5, 5.41) is 24.9. The van der Waals surface area contributed by atoms with Gasteiger partial charge in [0, 0.05) is 11.1 Å². The number of thioether (sulfide) groups is 1. The van der Waals surface area contributed by atoms with Crippen LogP contribution in [0, 0.1) is 0 Å². The van der Waals surface area contributed by atoms with Crippen LogP contribution in [-0.4, -0.2) is 60.9 Å². The van der Waals surface area contributed by atoms with E-state index in [9.17, 15) is 19.5 Å². The van der Waals surface area contributed by atoms with Gasteiger partial charge in [-0.05, 0) is 5.57 Å². The van der Waals surface area contributed by atoms with Crippen molar-refractivity contribution < 1.29 is 24.7 Å². The minimum atomic E-state index is -1.24. The molecule has 0 aliphatic carbocycles. The molecule has 2 aliphatic heterocycles. The van der Waals surface area contributed by atoms with Crippen molar-refractivity contribution >= 4 is 51.7 Å². The Kier molecular flexibility index (Phi) is 4.70. The molecule has 2 aliphatic rings. The van der Waals surface area contributed by atoms with Gasteiger partial charge >= 0.3 is 5.97 Å². The molecule has 2 amide bonds. The largest absolute Gasteiger partial charge is 0.477 e. The van der Waals surface area contributed by atoms with Gasteiger partial charge in [0.05, 0.1) is 0 Å². The van der Waals surface area contributed by atoms with E-state index in [2.05, 4.69) is 22.0 Å². The van der Waals surface area contributed by atoms with Crippen molar-refractivity contribution in [3.05, 3.63) is 35.0 Å². The predicted molar refractivity (Wildman–Crippen MR) is 94.7 cm³/mol. The normalized spacial score (nSPS) is 22.5. The Labute approximate surface area is 155 Å². The highest BCUT2D eigenvalue weighted by molar-refractivity contribution is 8.00. The Hall–Kier alpha value is -2.86. The first-order chi connectivity index (χ1) is 12.4. The Morgan fingerprint density at radius 1 is 1.54 bits per heavy atom. The monoisotopic (exact) mass is 398 g/mol. The van der Waals surface area contributed by atoms with Crippen LogP contribution in [0.4, 0.5) is 5.13 Å². The van der Waals surface area contributed by atoms with Crippen LogP contribution in [0.2, 0.25) is 0 Å². The van der Waals surface area contributed by atoms with Gasteiger partial charge in [-0.2, -0.15) is 0 Å². The number of hydrogen-bond acceptors (Lipinski definition) is 9. The van der Waals surface area contributed by atoms with E-state index in [1.807, 2.05) is 0 Å². The minimum Gasteiger partial charge on any atom is -0.477 e. The lowest BCUT2D eigenvalue weighted by molar-refractivity contribution is -0.150. The van der Waals surface area contributed by atoms with E-state index in [4.69, 9.17) is 10.9 Å². The van der Waals surface area contributed by atoms with Crippen molar-refractivity contribution in [1.29, 1.82) is 0 Å². The van der Waals surface area contributed by atoms with Crippen LogP contribution in [0.25, 0.3) is 0 Å². The zero-order chi connectivity index (χ0) is 19.0. The summed E-state index contributed by atoms with van der Waals surface area (Å²) in [6, 6.07) is -0.944. The summed E-state index contributed by atoms with van der Waals surface area (Å²) < 4.78 is 0. The van der Waals surface area contributed by atoms with E-state index >= 15 is 0 Å². The summed E-state index contributed by atoms with van der Waals surface area (Å²) in [7, 11) is 0. The first-order valence-corrected chi connectivity index (χ1v) is 9.09. The number of nitrogens with zero attached hydrogens (tertiary/aromatic N) is 3. The van der Waals surface area contributed by atoms with Crippen LogP contribution < -0.4 is 11.1 Å². The van der Waals surface area contributed by atoms with Gasteiger partial charge in [-0.1, -0.05) is 17.8 Å². The number of carboxylic acid groups (broad SMARTS) is 1. The molecule has 3 rings (SSSR count). The molecule has 3 heterocycles. The van der Waals surface area contributed by atoms with Crippen molar-refractivity contribution in [2.24, 2.45) is 5.16 Å². The Morgan fingerprint density at radius 3 is 2.81 bits per heavy atom. The molecule has 5 N–H and O–H groups in total. The lowest BCUT2D eigenvalue weighted by atomic mass is 10.0. The number of allylic oxidation sites excluding steroid dienone is 1. The second-order valence-corrected chi connectivity index (χ2v) is 7.26. The van der Waals surface area contributed by atoms with Gasteiger partial charge in [-0.3, -0.25) is 14.5 Å². The van der Waals surface area contributed by atoms with Crippen LogP contribution in [-0.2, 0) is 14.4 Å². The van der Waals surface area contributed by atoms with Crippen LogP contribution in [0.15, 0.2) is 34.5 Å². The highest BCUT2D eigenvalue weighted by Crippen LogP contribution is 2.40. The van der Waals surface area contributed by atoms with Gasteiger partial charge in [0.25, 0.3) is 11.8 Å². The molecule has 1 aromatic rings. The van der Waals surface area contributed by atoms with E-state index in [0.717, 1.165) is 16.2 Å². The SMILES string of the molecule is C=CC1=C(C(=O)O)N2C(=O)[C@@H](NC(=O)/C(=N/O)c3cs[13c]([15NH2])[15n]3)[C@H]2SC1. The number of β-lactam (4-membered cyclic amide) rings is 1. The standard InChI is InChI=1S/C14H13N5O5S2/c1-2-5-3-25-12-8(11(21)19(12)9(5)13(22)23)17-10(20)7(18-24)6-4-26-14(15)16-6/h2,4,8,12,24H,1,3H2,(H2,15,16)(H,17,20)(H,22,23)/b18-7+/t8-,12-/m1/s1/i14+1,15+1,16+1. The molecule has 1 saturated heterocycles. The quantitative estimate of drug-likeness (QED) is 0.175. The molecule has 0 radical (unpaired) electrons. The summed E-state index contributed by atoms with van der Waals surface area (Å²) in [5.41, 5.74) is 5.49. The van der Waals surface area contributed by atoms with Crippen molar-refractivity contribution in [2.45, 2.75) is 11.4 Å². The van der Waals surface area contributed by atoms with Gasteiger partial charge in [-0.25, -0.2) is 9.78 Å². The van der Waals surface area contributed by atoms with Crippen molar-refractivity contribution in [3.63, 3.8) is 0 Å². The van der Waals surface area contributed by atoms with Crippen LogP contribution in [0.1, 0.15) is 5.69 Å². The van der Waals surface area contributed by atoms with E-state index in [0.29, 0.717) is 11.3 Å². The number of nitrogens with two attached hydrogens (primary N) is 1. The van der Waals surface area contributed by atoms with E-state index in [-0.39, 0.29) is 22.2 Å². The number of carbonyl (C=O) groups excluding carboxylic acids is 2. The van der Waals surface area contributed by atoms with Gasteiger partial charge in [0.2, 0.25) is 0 Å². The molecule has 2 atom stereocenters. The second kappa shape index (κ2) is 6.80. The zero-order valence-electron chi connectivity index (χ0n) is 13.1. The maximum Gasteiger partial charge on any atom is 0.352 e. The predicted octanol–water partition coefficient (Wildman–Crippen LogP) is -0.172. The third-order valence-corrected chi connectivity index (χ3v) is 5.79. The maximum atomic E-state index is 12.4. The first kappa shape index (κ1) is 17.9. The fourth-order valence-corrected chi connectivity index (χ4v) is 4.51. The van der Waals surface area contributed by atoms with Gasteiger partial charge < -0.3 is 21.4 Å². The lowest BCUT2D eigenvalue weighted by Gasteiger charge is -2.49. The molecule has 1 fully saturated rings. The molecule has 0 bridgehead atoms. The molecule has 0 spiro atoms. The third kappa shape index (κ3) is 2.82. The number of oxime groups is 1. The summed E-state index contributed by atoms with van der Waals surface area (Å²) in [6.45, 7) is 3.56. The number of carbonyl (C=O) groups is 3. The molecule has 0 saturated carbocycles. The van der Waals surface area contributed by atoms with E-state index in [1.54, 1.807) is 0 Å². The van der Waals surface area contributed by atoms with Crippen molar-refractivity contribution in [1.82, 2.24) is 15.2 Å². The van der Waals surface area contributed by atoms with Crippen molar-refractivity contribution in [3.8, 4) is 0 Å². The van der Waals surface area contributed by atoms with Gasteiger partial charge in [0.1, 0.15) is 22.8 Å². The number of anilines is 1. The van der Waals surface area contributed by atoms with Crippen molar-refractivity contribution in [2.75, 3.05) is 11.5 Å². The third-order valence-electron chi connectivity index (χ3n) is 3.81. The van der Waals surface area contributed by atoms with Crippen LogP contribution in [0.3, 0.4) is 0 Å². The number of thiazole rings is 1. The molecule has 12 heteroatoms. The summed E-state index contributed by atoms with van der Waals surface area (Å²) >= 11 is 2.37. The fourth-order valence-electron chi connectivity index (χ4n) is 2.62. The van der Waals surface area contributed by atoms with Gasteiger partial charge in [0.15, 0.2) is 10.8 Å². The number of fused-ring (bicyclic) bond motifs is 1. The summed E-state index contributed by atoms with van der Waals surface area (Å²) in [5.74, 6) is -2.27. The number of nitrogen functional groups attached to an aromatic ring is 1. The number of hydrogen-bond donors (Lipinski definition) is 4. The Balaban J connectivity index is 1.78. The van der Waals surface area contributed by atoms with E-state index < -0.39 is 29.2 Å². The summed E-state index contributed by atoms with van der Waals surface area (Å²) in [4.78, 5) is 41.2. The Bertz CT molecular complexity index is 877. The number of carboxylic acids is 1. The molecule has 0 aromatic carbocycles. The number of amides is 2. The fraction of sp³-hybridized carbons (Fsp3) is 0.214. The molecule has 136 valence electrons. The number of aromatic nitrogens is 1. The van der Waals surface area contributed by atoms with Crippen LogP contribution >= 0.6 is 23.1 Å². The first-order valence-electron chi connectivity index (χ1n) is 7.16. The molecular weight excluding hydrogens is 385 g/mol. The number of aliphatic carboxylic acids is 1. The molecular formula is C14H13N5O5S2. The topological polar surface area (TPSA) is 158 Å². The number of rotatable bonds is 5. The lowest BCUT2D eigenvalue weighted by Crippen LogP contribution is -2.71. The average molecular weight is 398 g/mol. The van der Waals surface area contributed by atoms with Gasteiger partial charge in [-0.15, -0.1) is 23.1 Å². The molecule has 10 nitrogen and oxygen atoms in total. The minimum absolute atomic E-state index is 0.0764. The van der Waals surface area contributed by atoms with Crippen LogP contribution in [0.5, 0.6) is 0 Å². The zero-order valence-corrected chi connectivity index (χ0v) is 14.7. The highest BCUT2D eigenvalue weighted by atomic mass is 32.2. The second-order valence-electron chi connectivity index (χ2n) is 5.26. The maximum absolute atomic E-state index is 12.4. The molecule has 0 unspecified atom stereocenters. The average Bonchev–Trinajstić information content (AvgIpc) is 3.04.